The van der Waals surface area contributed by atoms with Crippen LogP contribution in [-0.2, 0) is 15.3 Å². The molecule has 0 radical (unpaired) electrons. The number of rotatable bonds is 3. The summed E-state index contributed by atoms with van der Waals surface area (Å²) in [4.78, 5) is 17.2. The van der Waals surface area contributed by atoms with Gasteiger partial charge in [0, 0.05) is 16.5 Å². The third-order valence-corrected chi connectivity index (χ3v) is 7.11. The van der Waals surface area contributed by atoms with Crippen molar-refractivity contribution in [2.24, 2.45) is 0 Å². The van der Waals surface area contributed by atoms with Crippen LogP contribution in [0.3, 0.4) is 0 Å². The first kappa shape index (κ1) is 19.0. The maximum Gasteiger partial charge on any atom is 0.261 e. The van der Waals surface area contributed by atoms with Gasteiger partial charge in [0.1, 0.15) is 0 Å². The van der Waals surface area contributed by atoms with Gasteiger partial charge < -0.3 is 0 Å². The molecule has 0 aliphatic carbocycles. The molecule has 1 aliphatic heterocycles. The summed E-state index contributed by atoms with van der Waals surface area (Å²) >= 11 is 1.39. The minimum atomic E-state index is -3.01. The zero-order valence-corrected chi connectivity index (χ0v) is 17.3. The molecule has 0 bridgehead atoms. The monoisotopic (exact) mass is 396 g/mol. The molecular formula is C17H24N4O3S2. The summed E-state index contributed by atoms with van der Waals surface area (Å²) in [5.74, 6) is -0.00847. The fourth-order valence-electron chi connectivity index (χ4n) is 3.15. The summed E-state index contributed by atoms with van der Waals surface area (Å²) < 4.78 is 25.2. The molecule has 1 saturated heterocycles. The Hall–Kier alpha value is -1.74. The number of nitrogens with zero attached hydrogens (tertiary/aromatic N) is 3. The van der Waals surface area contributed by atoms with Gasteiger partial charge in [0.2, 0.25) is 0 Å². The number of hydrogen-bond acceptors (Lipinski definition) is 6. The number of carbonyl (C=O) groups excluding carboxylic acids is 1. The number of amides is 1. The van der Waals surface area contributed by atoms with E-state index in [1.807, 2.05) is 12.3 Å². The summed E-state index contributed by atoms with van der Waals surface area (Å²) in [6, 6.07) is -0.201. The van der Waals surface area contributed by atoms with E-state index >= 15 is 0 Å². The number of hydrogen-bond donors (Lipinski definition) is 1. The molecule has 0 saturated carbocycles. The molecule has 1 aliphatic rings. The molecule has 1 amide bonds. The molecular weight excluding hydrogens is 372 g/mol. The Labute approximate surface area is 157 Å². The molecule has 1 unspecified atom stereocenters. The van der Waals surface area contributed by atoms with Crippen molar-refractivity contribution in [2.75, 3.05) is 16.8 Å². The molecule has 9 heteroatoms. The number of sulfone groups is 1. The van der Waals surface area contributed by atoms with Crippen molar-refractivity contribution >= 4 is 32.2 Å². The predicted molar refractivity (Wildman–Crippen MR) is 103 cm³/mol. The molecule has 0 aromatic carbocycles. The van der Waals surface area contributed by atoms with E-state index in [-0.39, 0.29) is 28.9 Å². The SMILES string of the molecule is Cc1nn(C2CCS(=O)(=O)C2)c(C)c1C(=O)Nc1nc(C(C)(C)C)cs1. The molecule has 7 nitrogen and oxygen atoms in total. The number of aromatic nitrogens is 3. The van der Waals surface area contributed by atoms with E-state index in [0.29, 0.717) is 28.5 Å². The van der Waals surface area contributed by atoms with Gasteiger partial charge in [-0.2, -0.15) is 5.10 Å². The summed E-state index contributed by atoms with van der Waals surface area (Å²) in [5.41, 5.74) is 2.62. The molecule has 142 valence electrons. The zero-order chi connectivity index (χ0) is 19.3. The average molecular weight is 397 g/mol. The third-order valence-electron chi connectivity index (χ3n) is 4.60. The van der Waals surface area contributed by atoms with E-state index in [4.69, 9.17) is 0 Å². The van der Waals surface area contributed by atoms with Crippen LogP contribution in [0.4, 0.5) is 5.13 Å². The highest BCUT2D eigenvalue weighted by molar-refractivity contribution is 7.91. The molecule has 1 N–H and O–H groups in total. The highest BCUT2D eigenvalue weighted by Crippen LogP contribution is 2.29. The fourth-order valence-corrected chi connectivity index (χ4v) is 5.77. The number of anilines is 1. The van der Waals surface area contributed by atoms with Crippen molar-refractivity contribution in [1.82, 2.24) is 14.8 Å². The van der Waals surface area contributed by atoms with E-state index in [0.717, 1.165) is 5.69 Å². The van der Waals surface area contributed by atoms with Crippen LogP contribution in [0.5, 0.6) is 0 Å². The lowest BCUT2D eigenvalue weighted by atomic mass is 9.93. The Morgan fingerprint density at radius 3 is 2.58 bits per heavy atom. The third kappa shape index (κ3) is 3.68. The maximum absolute atomic E-state index is 12.8. The van der Waals surface area contributed by atoms with E-state index < -0.39 is 9.84 Å². The van der Waals surface area contributed by atoms with Crippen LogP contribution in [0.15, 0.2) is 5.38 Å². The zero-order valence-electron chi connectivity index (χ0n) is 15.7. The molecule has 2 aromatic rings. The molecule has 1 fully saturated rings. The Morgan fingerprint density at radius 2 is 2.04 bits per heavy atom. The molecule has 3 rings (SSSR count). The normalized spacial score (nSPS) is 19.7. The van der Waals surface area contributed by atoms with Crippen molar-refractivity contribution < 1.29 is 13.2 Å². The Bertz CT molecular complexity index is 951. The van der Waals surface area contributed by atoms with E-state index in [9.17, 15) is 13.2 Å². The van der Waals surface area contributed by atoms with E-state index in [1.54, 1.807) is 11.6 Å². The first-order chi connectivity index (χ1) is 12.0. The second-order valence-corrected chi connectivity index (χ2v) is 10.9. The Morgan fingerprint density at radius 1 is 1.35 bits per heavy atom. The van der Waals surface area contributed by atoms with Gasteiger partial charge in [0.15, 0.2) is 15.0 Å². The lowest BCUT2D eigenvalue weighted by Crippen LogP contribution is -2.17. The second-order valence-electron chi connectivity index (χ2n) is 7.79. The van der Waals surface area contributed by atoms with Crippen LogP contribution >= 0.6 is 11.3 Å². The smallest absolute Gasteiger partial charge is 0.261 e. The molecule has 2 aromatic heterocycles. The average Bonchev–Trinajstić information content (AvgIpc) is 3.17. The number of carbonyl (C=O) groups is 1. The number of nitrogens with one attached hydrogen (secondary N) is 1. The fraction of sp³-hybridized carbons (Fsp3) is 0.588. The largest absolute Gasteiger partial charge is 0.298 e. The summed E-state index contributed by atoms with van der Waals surface area (Å²) in [7, 11) is -3.01. The van der Waals surface area contributed by atoms with E-state index in [1.165, 1.54) is 11.3 Å². The van der Waals surface area contributed by atoms with Crippen LogP contribution < -0.4 is 5.32 Å². The van der Waals surface area contributed by atoms with Crippen LogP contribution in [0.25, 0.3) is 0 Å². The van der Waals surface area contributed by atoms with Crippen molar-refractivity contribution in [3.63, 3.8) is 0 Å². The predicted octanol–water partition coefficient (Wildman–Crippen LogP) is 2.87. The summed E-state index contributed by atoms with van der Waals surface area (Å²) in [6.07, 6.45) is 0.534. The molecule has 0 spiro atoms. The quantitative estimate of drug-likeness (QED) is 0.861. The van der Waals surface area contributed by atoms with Crippen LogP contribution in [0, 0.1) is 13.8 Å². The highest BCUT2D eigenvalue weighted by atomic mass is 32.2. The lowest BCUT2D eigenvalue weighted by Gasteiger charge is -2.14. The molecule has 1 atom stereocenters. The molecule has 26 heavy (non-hydrogen) atoms. The van der Waals surface area contributed by atoms with Crippen molar-refractivity contribution in [3.8, 4) is 0 Å². The first-order valence-electron chi connectivity index (χ1n) is 8.51. The summed E-state index contributed by atoms with van der Waals surface area (Å²) in [6.45, 7) is 9.79. The maximum atomic E-state index is 12.8. The van der Waals surface area contributed by atoms with Gasteiger partial charge in [-0.1, -0.05) is 20.8 Å². The number of aryl methyl sites for hydroxylation is 1. The van der Waals surface area contributed by atoms with E-state index in [2.05, 4.69) is 36.2 Å². The van der Waals surface area contributed by atoms with Crippen LogP contribution in [0.2, 0.25) is 0 Å². The van der Waals surface area contributed by atoms with Crippen molar-refractivity contribution in [2.45, 2.75) is 52.5 Å². The Balaban J connectivity index is 1.83. The summed E-state index contributed by atoms with van der Waals surface area (Å²) in [5, 5.41) is 9.79. The van der Waals surface area contributed by atoms with Gasteiger partial charge in [0.05, 0.1) is 34.5 Å². The lowest BCUT2D eigenvalue weighted by molar-refractivity contribution is 0.102. The number of thiazole rings is 1. The Kier molecular flexibility index (Phi) is 4.72. The van der Waals surface area contributed by atoms with Crippen LogP contribution in [-0.4, -0.2) is 40.6 Å². The van der Waals surface area contributed by atoms with Crippen LogP contribution in [0.1, 0.15) is 60.7 Å². The minimum Gasteiger partial charge on any atom is -0.298 e. The topological polar surface area (TPSA) is 94.0 Å². The van der Waals surface area contributed by atoms with Gasteiger partial charge >= 0.3 is 0 Å². The van der Waals surface area contributed by atoms with Crippen molar-refractivity contribution in [3.05, 3.63) is 28.0 Å². The van der Waals surface area contributed by atoms with Crippen molar-refractivity contribution in [1.29, 1.82) is 0 Å². The minimum absolute atomic E-state index is 0.0792. The molecule has 3 heterocycles. The van der Waals surface area contributed by atoms with Gasteiger partial charge in [-0.25, -0.2) is 13.4 Å². The standard InChI is InChI=1S/C17H24N4O3S2/c1-10-14(11(2)21(20-10)12-6-7-26(23,24)9-12)15(22)19-16-18-13(8-25-16)17(3,4)5/h8,12H,6-7,9H2,1-5H3,(H,18,19,22). The first-order valence-corrected chi connectivity index (χ1v) is 11.2. The highest BCUT2D eigenvalue weighted by Gasteiger charge is 2.32. The van der Waals surface area contributed by atoms with Gasteiger partial charge in [-0.05, 0) is 20.3 Å². The van der Waals surface area contributed by atoms with Gasteiger partial charge in [0.25, 0.3) is 5.91 Å². The van der Waals surface area contributed by atoms with Gasteiger partial charge in [-0.3, -0.25) is 14.8 Å². The van der Waals surface area contributed by atoms with Gasteiger partial charge in [-0.15, -0.1) is 11.3 Å². The second kappa shape index (κ2) is 6.45.